The van der Waals surface area contributed by atoms with Crippen molar-refractivity contribution in [3.63, 3.8) is 0 Å². The second-order valence-electron chi connectivity index (χ2n) is 9.61. The van der Waals surface area contributed by atoms with Gasteiger partial charge in [-0.2, -0.15) is 0 Å². The van der Waals surface area contributed by atoms with Crippen LogP contribution in [0.25, 0.3) is 0 Å². The lowest BCUT2D eigenvalue weighted by atomic mass is 9.45. The minimum absolute atomic E-state index is 0.168. The molecule has 3 heteroatoms. The van der Waals surface area contributed by atoms with Gasteiger partial charge in [0.25, 0.3) is 0 Å². The van der Waals surface area contributed by atoms with E-state index in [4.69, 9.17) is 9.47 Å². The van der Waals surface area contributed by atoms with Crippen molar-refractivity contribution in [2.45, 2.75) is 84.5 Å². The molecule has 0 N–H and O–H groups in total. The van der Waals surface area contributed by atoms with E-state index in [-0.39, 0.29) is 17.0 Å². The molecular formula is C20H30O3. The van der Waals surface area contributed by atoms with Crippen LogP contribution >= 0.6 is 0 Å². The van der Waals surface area contributed by atoms with E-state index in [1.54, 1.807) is 6.08 Å². The Balaban J connectivity index is 1.74. The quantitative estimate of drug-likeness (QED) is 0.612. The van der Waals surface area contributed by atoms with Gasteiger partial charge in [0.2, 0.25) is 5.79 Å². The van der Waals surface area contributed by atoms with Gasteiger partial charge in [0.1, 0.15) is 0 Å². The van der Waals surface area contributed by atoms with E-state index >= 15 is 0 Å². The van der Waals surface area contributed by atoms with Gasteiger partial charge in [-0.3, -0.25) is 0 Å². The van der Waals surface area contributed by atoms with Gasteiger partial charge in [0.05, 0.1) is 5.60 Å². The zero-order valence-corrected chi connectivity index (χ0v) is 15.2. The normalized spacial score (nSPS) is 51.2. The van der Waals surface area contributed by atoms with Crippen molar-refractivity contribution >= 4 is 5.97 Å². The van der Waals surface area contributed by atoms with Gasteiger partial charge in [0.15, 0.2) is 0 Å². The third-order valence-electron chi connectivity index (χ3n) is 7.81. The molecular weight excluding hydrogens is 288 g/mol. The van der Waals surface area contributed by atoms with Gasteiger partial charge in [-0.05, 0) is 56.3 Å². The monoisotopic (exact) mass is 318 g/mol. The van der Waals surface area contributed by atoms with Gasteiger partial charge in [-0.1, -0.05) is 27.2 Å². The molecule has 3 nitrogen and oxygen atoms in total. The summed E-state index contributed by atoms with van der Waals surface area (Å²) in [7, 11) is 0. The number of carbonyl (C=O) groups is 1. The highest BCUT2D eigenvalue weighted by molar-refractivity contribution is 5.86. The second kappa shape index (κ2) is 4.41. The van der Waals surface area contributed by atoms with Crippen LogP contribution in [0.2, 0.25) is 0 Å². The fraction of sp³-hybridized carbons (Fsp3) is 0.850. The Morgan fingerprint density at radius 3 is 2.48 bits per heavy atom. The smallest absolute Gasteiger partial charge is 0.333 e. The van der Waals surface area contributed by atoms with Gasteiger partial charge < -0.3 is 9.47 Å². The Labute approximate surface area is 139 Å². The van der Waals surface area contributed by atoms with Gasteiger partial charge >= 0.3 is 5.97 Å². The van der Waals surface area contributed by atoms with Crippen molar-refractivity contribution in [1.82, 2.24) is 0 Å². The SMILES string of the molecule is CC1=CC(=O)O[C@@]12CC1[C@@](C)(CC[C@H]3C(C)(C)CCC[C@]13C)O2. The molecule has 0 aromatic rings. The molecule has 2 aliphatic heterocycles. The zero-order valence-electron chi connectivity index (χ0n) is 15.2. The summed E-state index contributed by atoms with van der Waals surface area (Å²) in [5, 5.41) is 0. The minimum atomic E-state index is -0.782. The fourth-order valence-electron chi connectivity index (χ4n) is 6.73. The van der Waals surface area contributed by atoms with E-state index in [0.717, 1.165) is 24.3 Å². The molecule has 5 atom stereocenters. The van der Waals surface area contributed by atoms with E-state index in [9.17, 15) is 4.79 Å². The van der Waals surface area contributed by atoms with Crippen LogP contribution in [-0.4, -0.2) is 17.4 Å². The molecule has 128 valence electrons. The summed E-state index contributed by atoms with van der Waals surface area (Å²) in [5.74, 6) is 0.177. The number of hydrogen-bond donors (Lipinski definition) is 0. The molecule has 2 heterocycles. The van der Waals surface area contributed by atoms with Crippen molar-refractivity contribution in [1.29, 1.82) is 0 Å². The highest BCUT2D eigenvalue weighted by Crippen LogP contribution is 2.68. The standard InChI is InChI=1S/C20H30O3/c1-13-11-16(21)22-20(13)12-15-18(4)9-6-8-17(2,3)14(18)7-10-19(15,5)23-20/h11,14-15H,6-10,12H2,1-5H3/t14-,15?,18-,19+,20+/m0/s1. The molecule has 23 heavy (non-hydrogen) atoms. The molecule has 1 unspecified atom stereocenters. The number of carbonyl (C=O) groups excluding carboxylic acids is 1. The third kappa shape index (κ3) is 1.95. The molecule has 0 amide bonds. The molecule has 1 saturated heterocycles. The Morgan fingerprint density at radius 1 is 1.09 bits per heavy atom. The summed E-state index contributed by atoms with van der Waals surface area (Å²) in [6.07, 6.45) is 8.66. The minimum Gasteiger partial charge on any atom is -0.426 e. The van der Waals surface area contributed by atoms with E-state index in [1.807, 2.05) is 6.92 Å². The van der Waals surface area contributed by atoms with Crippen molar-refractivity contribution < 1.29 is 14.3 Å². The summed E-state index contributed by atoms with van der Waals surface area (Å²) >= 11 is 0. The highest BCUT2D eigenvalue weighted by Gasteiger charge is 2.67. The van der Waals surface area contributed by atoms with Crippen LogP contribution in [-0.2, 0) is 14.3 Å². The average molecular weight is 318 g/mol. The first-order valence-electron chi connectivity index (χ1n) is 9.23. The van der Waals surface area contributed by atoms with Crippen LogP contribution in [0.15, 0.2) is 11.6 Å². The lowest BCUT2D eigenvalue weighted by Gasteiger charge is -2.60. The van der Waals surface area contributed by atoms with Crippen molar-refractivity contribution in [3.8, 4) is 0 Å². The lowest BCUT2D eigenvalue weighted by Crippen LogP contribution is -2.55. The Hall–Kier alpha value is -0.830. The fourth-order valence-corrected chi connectivity index (χ4v) is 6.73. The summed E-state index contributed by atoms with van der Waals surface area (Å²) < 4.78 is 12.3. The summed E-state index contributed by atoms with van der Waals surface area (Å²) in [6, 6.07) is 0. The van der Waals surface area contributed by atoms with Crippen molar-refractivity contribution in [2.75, 3.05) is 0 Å². The molecule has 0 aromatic carbocycles. The Bertz CT molecular complexity index is 592. The first-order valence-corrected chi connectivity index (χ1v) is 9.23. The van der Waals surface area contributed by atoms with Crippen LogP contribution in [0.4, 0.5) is 0 Å². The largest absolute Gasteiger partial charge is 0.426 e. The molecule has 0 radical (unpaired) electrons. The predicted octanol–water partition coefficient (Wildman–Crippen LogP) is 4.61. The Morgan fingerprint density at radius 2 is 1.83 bits per heavy atom. The highest BCUT2D eigenvalue weighted by atomic mass is 16.7. The van der Waals surface area contributed by atoms with E-state index in [2.05, 4.69) is 27.7 Å². The third-order valence-corrected chi connectivity index (χ3v) is 7.81. The number of esters is 1. The summed E-state index contributed by atoms with van der Waals surface area (Å²) in [5.41, 5.74) is 1.47. The molecule has 4 aliphatic rings. The maximum atomic E-state index is 11.8. The number of hydrogen-bond acceptors (Lipinski definition) is 3. The van der Waals surface area contributed by atoms with Crippen molar-refractivity contribution in [2.24, 2.45) is 22.7 Å². The molecule has 2 saturated carbocycles. The van der Waals surface area contributed by atoms with E-state index in [0.29, 0.717) is 11.3 Å². The lowest BCUT2D eigenvalue weighted by molar-refractivity contribution is -0.226. The second-order valence-corrected chi connectivity index (χ2v) is 9.61. The molecule has 4 rings (SSSR count). The van der Waals surface area contributed by atoms with Gasteiger partial charge in [-0.15, -0.1) is 0 Å². The number of ether oxygens (including phenoxy) is 2. The molecule has 0 bridgehead atoms. The van der Waals surface area contributed by atoms with Crippen LogP contribution in [0.3, 0.4) is 0 Å². The maximum Gasteiger partial charge on any atom is 0.333 e. The van der Waals surface area contributed by atoms with Gasteiger partial charge in [0, 0.05) is 24.0 Å². The maximum absolute atomic E-state index is 11.8. The Kier molecular flexibility index (Phi) is 3.01. The van der Waals surface area contributed by atoms with Gasteiger partial charge in [-0.25, -0.2) is 4.79 Å². The van der Waals surface area contributed by atoms with Crippen molar-refractivity contribution in [3.05, 3.63) is 11.6 Å². The zero-order chi connectivity index (χ0) is 16.7. The van der Waals surface area contributed by atoms with E-state index < -0.39 is 5.79 Å². The summed E-state index contributed by atoms with van der Waals surface area (Å²) in [6.45, 7) is 11.6. The molecule has 1 spiro atoms. The molecule has 2 aliphatic carbocycles. The molecule has 3 fully saturated rings. The van der Waals surface area contributed by atoms with Crippen LogP contribution < -0.4 is 0 Å². The van der Waals surface area contributed by atoms with E-state index in [1.165, 1.54) is 25.7 Å². The predicted molar refractivity (Wildman–Crippen MR) is 88.6 cm³/mol. The van der Waals surface area contributed by atoms with Crippen LogP contribution in [0.1, 0.15) is 73.1 Å². The molecule has 0 aromatic heterocycles. The summed E-state index contributed by atoms with van der Waals surface area (Å²) in [4.78, 5) is 11.8. The average Bonchev–Trinajstić information content (AvgIpc) is 2.86. The topological polar surface area (TPSA) is 35.5 Å². The first kappa shape index (κ1) is 15.7. The number of rotatable bonds is 0. The van der Waals surface area contributed by atoms with Crippen LogP contribution in [0, 0.1) is 22.7 Å². The number of fused-ring (bicyclic) bond motifs is 3. The van der Waals surface area contributed by atoms with Crippen LogP contribution in [0.5, 0.6) is 0 Å². The first-order chi connectivity index (χ1) is 10.6.